The van der Waals surface area contributed by atoms with Gasteiger partial charge in [0.25, 0.3) is 0 Å². The fraction of sp³-hybridized carbons (Fsp3) is 0.891. The summed E-state index contributed by atoms with van der Waals surface area (Å²) in [5.74, 6) is -0.171. The Labute approximate surface area is 451 Å². The molecule has 1 aliphatic rings. The van der Waals surface area contributed by atoms with Gasteiger partial charge in [0.2, 0.25) is 5.91 Å². The van der Waals surface area contributed by atoms with Crippen molar-refractivity contribution in [1.82, 2.24) is 5.32 Å². The molecule has 7 unspecified atom stereocenters. The van der Waals surface area contributed by atoms with Crippen LogP contribution < -0.4 is 5.32 Å². The Morgan fingerprint density at radius 2 is 0.808 bits per heavy atom. The molecule has 1 rings (SSSR count). The number of nitrogens with one attached hydrogen (secondary N) is 1. The fourth-order valence-corrected chi connectivity index (χ4v) is 10.2. The Morgan fingerprint density at radius 1 is 0.466 bits per heavy atom. The van der Waals surface area contributed by atoms with Gasteiger partial charge in [-0.3, -0.25) is 4.79 Å². The van der Waals surface area contributed by atoms with E-state index in [9.17, 15) is 30.3 Å². The molecule has 0 aliphatic carbocycles. The van der Waals surface area contributed by atoms with Gasteiger partial charge in [-0.2, -0.15) is 0 Å². The third-order valence-electron chi connectivity index (χ3n) is 15.2. The quantitative estimate of drug-likeness (QED) is 0.0261. The minimum atomic E-state index is -1.57. The summed E-state index contributed by atoms with van der Waals surface area (Å²) in [6.07, 6.45) is 63.7. The van der Waals surface area contributed by atoms with E-state index in [2.05, 4.69) is 43.5 Å². The average Bonchev–Trinajstić information content (AvgIpc) is 3.39. The normalized spacial score (nSPS) is 19.2. The number of unbranched alkanes of at least 4 members (excludes halogenated alkanes) is 41. The first-order chi connectivity index (χ1) is 35.8. The SMILES string of the molecule is CCCCCCC/C=C\C/C=C\CCCCCCCCCCCCCCCCCCCCCC(=O)NC(COC1OC(CO)C(O)C(O)C1O)C(O)/C=C/CCCCCCCCCCCCCCCCCCC. The Bertz CT molecular complexity index is 1240. The summed E-state index contributed by atoms with van der Waals surface area (Å²) in [5, 5.41) is 54.6. The second kappa shape index (κ2) is 53.8. The maximum Gasteiger partial charge on any atom is 0.220 e. The highest BCUT2D eigenvalue weighted by molar-refractivity contribution is 5.76. The van der Waals surface area contributed by atoms with Gasteiger partial charge in [-0.15, -0.1) is 0 Å². The van der Waals surface area contributed by atoms with Crippen LogP contribution in [0.2, 0.25) is 0 Å². The Balaban J connectivity index is 2.14. The van der Waals surface area contributed by atoms with Crippen LogP contribution in [0.3, 0.4) is 0 Å². The summed E-state index contributed by atoms with van der Waals surface area (Å²) in [4.78, 5) is 13.1. The summed E-state index contributed by atoms with van der Waals surface area (Å²) in [6, 6.07) is -0.804. The van der Waals surface area contributed by atoms with E-state index in [0.29, 0.717) is 6.42 Å². The summed E-state index contributed by atoms with van der Waals surface area (Å²) in [5.41, 5.74) is 0. The van der Waals surface area contributed by atoms with Crippen LogP contribution in [0, 0.1) is 0 Å². The second-order valence-electron chi connectivity index (χ2n) is 22.2. The van der Waals surface area contributed by atoms with Crippen molar-refractivity contribution in [2.24, 2.45) is 0 Å². The van der Waals surface area contributed by atoms with Gasteiger partial charge in [-0.1, -0.05) is 288 Å². The highest BCUT2D eigenvalue weighted by Crippen LogP contribution is 2.23. The molecule has 1 amide bonds. The van der Waals surface area contributed by atoms with E-state index < -0.39 is 49.5 Å². The van der Waals surface area contributed by atoms with E-state index >= 15 is 0 Å². The molecule has 0 aromatic heterocycles. The maximum absolute atomic E-state index is 13.1. The van der Waals surface area contributed by atoms with E-state index in [1.165, 1.54) is 244 Å². The lowest BCUT2D eigenvalue weighted by atomic mass is 9.99. The molecule has 0 bridgehead atoms. The zero-order valence-electron chi connectivity index (χ0n) is 47.9. The van der Waals surface area contributed by atoms with E-state index in [1.807, 2.05) is 6.08 Å². The zero-order valence-corrected chi connectivity index (χ0v) is 47.9. The van der Waals surface area contributed by atoms with Crippen molar-refractivity contribution in [2.75, 3.05) is 13.2 Å². The van der Waals surface area contributed by atoms with Crippen LogP contribution in [0.4, 0.5) is 0 Å². The van der Waals surface area contributed by atoms with E-state index in [-0.39, 0.29) is 12.5 Å². The van der Waals surface area contributed by atoms with Crippen LogP contribution in [0.5, 0.6) is 0 Å². The number of amides is 1. The molecule has 0 spiro atoms. The van der Waals surface area contributed by atoms with Gasteiger partial charge in [-0.25, -0.2) is 0 Å². The van der Waals surface area contributed by atoms with Crippen molar-refractivity contribution in [1.29, 1.82) is 0 Å². The molecule has 0 aromatic rings. The Morgan fingerprint density at radius 3 is 1.18 bits per heavy atom. The number of carbonyl (C=O) groups excluding carboxylic acids is 1. The summed E-state index contributed by atoms with van der Waals surface area (Å²) in [6.45, 7) is 3.81. The van der Waals surface area contributed by atoms with Crippen LogP contribution >= 0.6 is 0 Å². The predicted molar refractivity (Wildman–Crippen MR) is 309 cm³/mol. The average molecular weight is 1030 g/mol. The molecule has 9 nitrogen and oxygen atoms in total. The molecule has 1 heterocycles. The lowest BCUT2D eigenvalue weighted by molar-refractivity contribution is -0.302. The van der Waals surface area contributed by atoms with Gasteiger partial charge in [0.1, 0.15) is 24.4 Å². The fourth-order valence-electron chi connectivity index (χ4n) is 10.2. The minimum absolute atomic E-state index is 0.171. The number of aliphatic hydroxyl groups is 5. The standard InChI is InChI=1S/C64H121NO8/c1-3-5-7-9-11-13-15-17-19-21-23-24-25-26-27-28-29-30-31-32-33-34-36-38-40-42-44-46-48-50-52-54-60(68)65-57(56-72-64-63(71)62(70)61(69)59(55-66)73-64)58(67)53-51-49-47-45-43-41-39-37-35-22-20-18-16-14-12-10-8-6-4-2/h15,17,21,23,51,53,57-59,61-64,66-67,69-71H,3-14,16,18-20,22,24-50,52,54-56H2,1-2H3,(H,65,68)/b17-15-,23-21-,53-51+. The molecular weight excluding hydrogens is 911 g/mol. The molecular formula is C64H121NO8. The van der Waals surface area contributed by atoms with E-state index in [0.717, 1.165) is 44.9 Å². The zero-order chi connectivity index (χ0) is 52.9. The molecule has 73 heavy (non-hydrogen) atoms. The molecule has 0 aromatic carbocycles. The summed E-state index contributed by atoms with van der Waals surface area (Å²) >= 11 is 0. The van der Waals surface area contributed by atoms with Crippen LogP contribution in [-0.2, 0) is 14.3 Å². The highest BCUT2D eigenvalue weighted by Gasteiger charge is 2.44. The molecule has 0 radical (unpaired) electrons. The molecule has 1 aliphatic heterocycles. The number of aliphatic hydroxyl groups excluding tert-OH is 5. The smallest absolute Gasteiger partial charge is 0.220 e. The van der Waals surface area contributed by atoms with Gasteiger partial charge in [0.15, 0.2) is 6.29 Å². The number of ether oxygens (including phenoxy) is 2. The molecule has 7 atom stereocenters. The van der Waals surface area contributed by atoms with E-state index in [1.54, 1.807) is 6.08 Å². The van der Waals surface area contributed by atoms with Gasteiger partial charge in [0, 0.05) is 6.42 Å². The Hall–Kier alpha value is -1.59. The maximum atomic E-state index is 13.1. The monoisotopic (exact) mass is 1030 g/mol. The van der Waals surface area contributed by atoms with Crippen molar-refractivity contribution in [3.63, 3.8) is 0 Å². The molecule has 1 fully saturated rings. The van der Waals surface area contributed by atoms with Gasteiger partial charge in [-0.05, 0) is 51.4 Å². The number of rotatable bonds is 55. The van der Waals surface area contributed by atoms with Gasteiger partial charge < -0.3 is 40.3 Å². The largest absolute Gasteiger partial charge is 0.394 e. The predicted octanol–water partition coefficient (Wildman–Crippen LogP) is 16.3. The topological polar surface area (TPSA) is 149 Å². The van der Waals surface area contributed by atoms with Crippen molar-refractivity contribution in [2.45, 2.75) is 352 Å². The Kier molecular flexibility index (Phi) is 51.2. The third-order valence-corrected chi connectivity index (χ3v) is 15.2. The first-order valence-corrected chi connectivity index (χ1v) is 31.7. The number of hydrogen-bond donors (Lipinski definition) is 6. The van der Waals surface area contributed by atoms with Crippen molar-refractivity contribution >= 4 is 5.91 Å². The molecule has 9 heteroatoms. The van der Waals surface area contributed by atoms with Crippen LogP contribution in [0.25, 0.3) is 0 Å². The number of hydrogen-bond acceptors (Lipinski definition) is 8. The lowest BCUT2D eigenvalue weighted by Gasteiger charge is -2.40. The van der Waals surface area contributed by atoms with Gasteiger partial charge >= 0.3 is 0 Å². The first-order valence-electron chi connectivity index (χ1n) is 31.7. The first kappa shape index (κ1) is 69.4. The van der Waals surface area contributed by atoms with Crippen molar-refractivity contribution in [3.8, 4) is 0 Å². The third kappa shape index (κ3) is 43.1. The van der Waals surface area contributed by atoms with Crippen LogP contribution in [0.1, 0.15) is 309 Å². The summed E-state index contributed by atoms with van der Waals surface area (Å²) in [7, 11) is 0. The molecule has 0 saturated carbocycles. The van der Waals surface area contributed by atoms with Crippen LogP contribution in [-0.4, -0.2) is 87.5 Å². The molecule has 1 saturated heterocycles. The van der Waals surface area contributed by atoms with Crippen molar-refractivity contribution < 1.29 is 39.8 Å². The second-order valence-corrected chi connectivity index (χ2v) is 22.2. The van der Waals surface area contributed by atoms with E-state index in [4.69, 9.17) is 9.47 Å². The highest BCUT2D eigenvalue weighted by atomic mass is 16.7. The number of allylic oxidation sites excluding steroid dienone is 5. The number of carbonyl (C=O) groups is 1. The molecule has 430 valence electrons. The van der Waals surface area contributed by atoms with Crippen LogP contribution in [0.15, 0.2) is 36.5 Å². The minimum Gasteiger partial charge on any atom is -0.394 e. The lowest BCUT2D eigenvalue weighted by Crippen LogP contribution is -2.60. The van der Waals surface area contributed by atoms with Gasteiger partial charge in [0.05, 0.1) is 25.4 Å². The summed E-state index contributed by atoms with van der Waals surface area (Å²) < 4.78 is 11.3. The van der Waals surface area contributed by atoms with Crippen molar-refractivity contribution in [3.05, 3.63) is 36.5 Å². The molecule has 6 N–H and O–H groups in total.